The zero-order valence-electron chi connectivity index (χ0n) is 31.5. The maximum absolute atomic E-state index is 13.5. The van der Waals surface area contributed by atoms with Crippen LogP contribution in [-0.4, -0.2) is 80.8 Å². The Bertz CT molecular complexity index is 1960. The van der Waals surface area contributed by atoms with E-state index in [0.717, 1.165) is 44.8 Å². The first-order chi connectivity index (χ1) is 25.9. The molecule has 54 heavy (non-hydrogen) atoms. The highest BCUT2D eigenvalue weighted by Gasteiger charge is 2.39. The van der Waals surface area contributed by atoms with Gasteiger partial charge in [0.1, 0.15) is 23.0 Å². The standard InChI is InChI=1S/C40H46N6O6S2/c1-23(2)29(19-35(47)51-5)39(49)45-15-7-9-31(45)37-41-21-25(43-37)11-13-27-17-33-34(53-27)18-28(54-33)14-12-26-22-42-38(44-26)32-10-8-16-46(32)40(50)30(24(3)4)20-36(48)52-6/h17-18,21-24,29-32H,7-10,15-16,19-20H2,1-6H3,(H,41,43)(H,42,44)/t29-,30-,31-,32-/m0/s1. The van der Waals surface area contributed by atoms with E-state index in [1.807, 2.05) is 37.5 Å². The number of hydrogen-bond donors (Lipinski definition) is 2. The number of imidazole rings is 2. The van der Waals surface area contributed by atoms with E-state index in [9.17, 15) is 19.2 Å². The number of H-pyrrole nitrogens is 2. The molecule has 2 fully saturated rings. The second-order valence-corrected chi connectivity index (χ2v) is 16.6. The predicted octanol–water partition coefficient (Wildman–Crippen LogP) is 6.21. The molecule has 0 aliphatic carbocycles. The van der Waals surface area contributed by atoms with Gasteiger partial charge in [0.15, 0.2) is 0 Å². The Morgan fingerprint density at radius 2 is 1.13 bits per heavy atom. The number of hydrogen-bond acceptors (Lipinski definition) is 10. The van der Waals surface area contributed by atoms with Crippen molar-refractivity contribution < 1.29 is 28.7 Å². The number of esters is 2. The predicted molar refractivity (Wildman–Crippen MR) is 206 cm³/mol. The molecule has 0 saturated carbocycles. The molecule has 0 radical (unpaired) electrons. The minimum atomic E-state index is -0.443. The monoisotopic (exact) mass is 770 g/mol. The first kappa shape index (κ1) is 38.8. The number of amides is 2. The largest absolute Gasteiger partial charge is 0.469 e. The maximum Gasteiger partial charge on any atom is 0.306 e. The number of likely N-dealkylation sites (tertiary alicyclic amines) is 2. The average molecular weight is 771 g/mol. The number of nitrogens with one attached hydrogen (secondary N) is 2. The van der Waals surface area contributed by atoms with Crippen molar-refractivity contribution in [3.8, 4) is 23.7 Å². The molecule has 0 bridgehead atoms. The van der Waals surface area contributed by atoms with Crippen molar-refractivity contribution in [3.05, 3.63) is 57.3 Å². The summed E-state index contributed by atoms with van der Waals surface area (Å²) in [5, 5.41) is 0. The van der Waals surface area contributed by atoms with Crippen molar-refractivity contribution in [1.29, 1.82) is 0 Å². The van der Waals surface area contributed by atoms with Crippen LogP contribution >= 0.6 is 22.7 Å². The SMILES string of the molecule is COC(=O)C[C@H](C(=O)N1CCC[C@H]1c1ncc(C#Cc2cc3sc(C#Cc4cnc([C@@H]5CCCN5C(=O)[C@@H](CC(=O)OC)C(C)C)[nH]4)cc3s2)[nH]1)C(C)C. The van der Waals surface area contributed by atoms with Gasteiger partial charge in [-0.3, -0.25) is 19.2 Å². The maximum atomic E-state index is 13.5. The number of thiophene rings is 2. The first-order valence-corrected chi connectivity index (χ1v) is 20.0. The van der Waals surface area contributed by atoms with Crippen LogP contribution in [-0.2, 0) is 28.7 Å². The molecule has 14 heteroatoms. The molecule has 4 aromatic heterocycles. The molecule has 2 amide bonds. The Kier molecular flexibility index (Phi) is 12.2. The smallest absolute Gasteiger partial charge is 0.306 e. The van der Waals surface area contributed by atoms with Crippen LogP contribution in [0.1, 0.15) is 111 Å². The fourth-order valence-electron chi connectivity index (χ4n) is 7.15. The minimum absolute atomic E-state index is 0.00214. The van der Waals surface area contributed by atoms with Crippen molar-refractivity contribution in [1.82, 2.24) is 29.7 Å². The van der Waals surface area contributed by atoms with Gasteiger partial charge in [-0.15, -0.1) is 22.7 Å². The highest BCUT2D eigenvalue weighted by Crippen LogP contribution is 2.36. The number of methoxy groups -OCH3 is 2. The molecule has 4 atom stereocenters. The van der Waals surface area contributed by atoms with Crippen molar-refractivity contribution in [2.45, 2.75) is 78.3 Å². The third-order valence-corrected chi connectivity index (χ3v) is 12.3. The van der Waals surface area contributed by atoms with Crippen molar-refractivity contribution in [3.63, 3.8) is 0 Å². The van der Waals surface area contributed by atoms with Gasteiger partial charge in [-0.1, -0.05) is 27.7 Å². The van der Waals surface area contributed by atoms with Gasteiger partial charge in [0.25, 0.3) is 0 Å². The van der Waals surface area contributed by atoms with Crippen LogP contribution in [0.15, 0.2) is 24.5 Å². The van der Waals surface area contributed by atoms with E-state index in [-0.39, 0.29) is 60.5 Å². The lowest BCUT2D eigenvalue weighted by Crippen LogP contribution is -2.39. The van der Waals surface area contributed by atoms with Crippen molar-refractivity contribution in [2.75, 3.05) is 27.3 Å². The molecule has 2 aliphatic rings. The highest BCUT2D eigenvalue weighted by molar-refractivity contribution is 7.28. The summed E-state index contributed by atoms with van der Waals surface area (Å²) in [5.74, 6) is 12.6. The normalized spacial score (nSPS) is 18.0. The zero-order chi connectivity index (χ0) is 38.5. The third-order valence-electron chi connectivity index (χ3n) is 10.2. The summed E-state index contributed by atoms with van der Waals surface area (Å²) in [6.45, 7) is 9.05. The van der Waals surface area contributed by atoms with Crippen LogP contribution in [0.25, 0.3) is 9.40 Å². The van der Waals surface area contributed by atoms with Gasteiger partial charge in [-0.2, -0.15) is 0 Å². The Hall–Kier alpha value is -4.92. The summed E-state index contributed by atoms with van der Waals surface area (Å²) >= 11 is 3.20. The summed E-state index contributed by atoms with van der Waals surface area (Å²) in [5.41, 5.74) is 1.35. The molecule has 2 aliphatic heterocycles. The number of ether oxygens (including phenoxy) is 2. The summed E-state index contributed by atoms with van der Waals surface area (Å²) in [4.78, 5) is 72.3. The molecule has 4 aromatic rings. The molecule has 0 aromatic carbocycles. The number of nitrogens with zero attached hydrogens (tertiary/aromatic N) is 4. The number of rotatable bonds is 10. The van der Waals surface area contributed by atoms with Gasteiger partial charge >= 0.3 is 11.9 Å². The zero-order valence-corrected chi connectivity index (χ0v) is 33.1. The summed E-state index contributed by atoms with van der Waals surface area (Å²) < 4.78 is 11.9. The van der Waals surface area contributed by atoms with Gasteiger partial charge in [0.05, 0.1) is 73.1 Å². The fraction of sp³-hybridized carbons (Fsp3) is 0.500. The Labute approximate surface area is 323 Å². The molecule has 6 rings (SSSR count). The third kappa shape index (κ3) is 8.72. The molecule has 2 N–H and O–H groups in total. The first-order valence-electron chi connectivity index (χ1n) is 18.4. The molecule has 284 valence electrons. The van der Waals surface area contributed by atoms with Gasteiger partial charge in [0.2, 0.25) is 11.8 Å². The Morgan fingerprint density at radius 1 is 0.722 bits per heavy atom. The van der Waals surface area contributed by atoms with Crippen LogP contribution in [0.2, 0.25) is 0 Å². The summed E-state index contributed by atoms with van der Waals surface area (Å²) in [6, 6.07) is 3.76. The van der Waals surface area contributed by atoms with Crippen LogP contribution < -0.4 is 0 Å². The number of carbonyl (C=O) groups excluding carboxylic acids is 4. The molecular formula is C40H46N6O6S2. The van der Waals surface area contributed by atoms with Crippen LogP contribution in [0, 0.1) is 47.4 Å². The molecule has 6 heterocycles. The second-order valence-electron chi connectivity index (χ2n) is 14.5. The van der Waals surface area contributed by atoms with Crippen LogP contribution in [0.4, 0.5) is 0 Å². The van der Waals surface area contributed by atoms with Crippen LogP contribution in [0.5, 0.6) is 0 Å². The lowest BCUT2D eigenvalue weighted by atomic mass is 9.91. The van der Waals surface area contributed by atoms with Crippen molar-refractivity contribution in [2.24, 2.45) is 23.7 Å². The highest BCUT2D eigenvalue weighted by atomic mass is 32.1. The molecule has 0 unspecified atom stereocenters. The van der Waals surface area contributed by atoms with E-state index in [1.165, 1.54) is 14.2 Å². The summed E-state index contributed by atoms with van der Waals surface area (Å²) in [6.07, 6.45) is 6.86. The van der Waals surface area contributed by atoms with Gasteiger partial charge in [0, 0.05) is 22.5 Å². The number of carbonyl (C=O) groups is 4. The van der Waals surface area contributed by atoms with E-state index in [1.54, 1.807) is 35.1 Å². The summed E-state index contributed by atoms with van der Waals surface area (Å²) in [7, 11) is 2.69. The van der Waals surface area contributed by atoms with E-state index in [0.29, 0.717) is 36.1 Å². The molecular weight excluding hydrogens is 725 g/mol. The fourth-order valence-corrected chi connectivity index (χ4v) is 9.26. The van der Waals surface area contributed by atoms with Gasteiger partial charge in [-0.25, -0.2) is 9.97 Å². The van der Waals surface area contributed by atoms with E-state index in [4.69, 9.17) is 9.47 Å². The topological polar surface area (TPSA) is 151 Å². The molecule has 0 spiro atoms. The van der Waals surface area contributed by atoms with Crippen molar-refractivity contribution >= 4 is 55.8 Å². The minimum Gasteiger partial charge on any atom is -0.469 e. The number of fused-ring (bicyclic) bond motifs is 1. The van der Waals surface area contributed by atoms with Gasteiger partial charge in [-0.05, 0) is 73.3 Å². The average Bonchev–Trinajstić information content (AvgIpc) is 3.99. The number of aromatic amines is 2. The van der Waals surface area contributed by atoms with E-state index < -0.39 is 11.8 Å². The molecule has 12 nitrogen and oxygen atoms in total. The Balaban J connectivity index is 1.09. The number of aromatic nitrogens is 4. The lowest BCUT2D eigenvalue weighted by Gasteiger charge is -2.29. The van der Waals surface area contributed by atoms with Gasteiger partial charge < -0.3 is 29.2 Å². The quantitative estimate of drug-likeness (QED) is 0.143. The van der Waals surface area contributed by atoms with E-state index in [2.05, 4.69) is 55.8 Å². The second kappa shape index (κ2) is 17.0. The molecule has 2 saturated heterocycles. The van der Waals surface area contributed by atoms with E-state index >= 15 is 0 Å². The Morgan fingerprint density at radius 3 is 1.50 bits per heavy atom. The van der Waals surface area contributed by atoms with Crippen LogP contribution in [0.3, 0.4) is 0 Å². The lowest BCUT2D eigenvalue weighted by molar-refractivity contribution is -0.148.